The van der Waals surface area contributed by atoms with Gasteiger partial charge in [-0.2, -0.15) is 0 Å². The molecular weight excluding hydrogens is 444 g/mol. The summed E-state index contributed by atoms with van der Waals surface area (Å²) in [5.74, 6) is -2.92. The standard InChI is InChI=1S/C25H23F2N3O4/c26-16-5-7-18(19(27)11-16)22(13-2-1-3-13)29-23(32)14-4-6-17-15(10-14)12-30(25(17)34)20-8-9-21(31)28-24(20)33/h4-7,10-11,13,20,22H,1-3,8-9,12H2,(H,29,32)(H,28,31,33)/t20?,22-/m1/s1. The molecule has 2 fully saturated rings. The highest BCUT2D eigenvalue weighted by molar-refractivity contribution is 6.06. The number of hydrogen-bond donors (Lipinski definition) is 2. The first-order valence-corrected chi connectivity index (χ1v) is 11.3. The van der Waals surface area contributed by atoms with Gasteiger partial charge in [-0.3, -0.25) is 24.5 Å². The van der Waals surface area contributed by atoms with Gasteiger partial charge in [0.15, 0.2) is 0 Å². The largest absolute Gasteiger partial charge is 0.345 e. The predicted molar refractivity (Wildman–Crippen MR) is 116 cm³/mol. The van der Waals surface area contributed by atoms with E-state index in [0.717, 1.165) is 25.3 Å². The van der Waals surface area contributed by atoms with Gasteiger partial charge in [0.1, 0.15) is 17.7 Å². The second-order valence-corrected chi connectivity index (χ2v) is 9.08. The molecule has 1 saturated heterocycles. The molecule has 2 N–H and O–H groups in total. The molecule has 5 rings (SSSR count). The van der Waals surface area contributed by atoms with Gasteiger partial charge in [0.25, 0.3) is 11.8 Å². The molecule has 1 aliphatic carbocycles. The first-order chi connectivity index (χ1) is 16.3. The van der Waals surface area contributed by atoms with Crippen molar-refractivity contribution in [3.05, 3.63) is 70.3 Å². The van der Waals surface area contributed by atoms with Crippen LogP contribution in [0.2, 0.25) is 0 Å². The molecule has 7 nitrogen and oxygen atoms in total. The van der Waals surface area contributed by atoms with Crippen LogP contribution in [-0.2, 0) is 16.1 Å². The van der Waals surface area contributed by atoms with E-state index < -0.39 is 35.5 Å². The van der Waals surface area contributed by atoms with Crippen molar-refractivity contribution in [3.63, 3.8) is 0 Å². The number of carbonyl (C=O) groups is 4. The number of halogens is 2. The number of hydrogen-bond acceptors (Lipinski definition) is 4. The van der Waals surface area contributed by atoms with Crippen LogP contribution in [-0.4, -0.2) is 34.6 Å². The lowest BCUT2D eigenvalue weighted by molar-refractivity contribution is -0.136. The van der Waals surface area contributed by atoms with E-state index in [1.807, 2.05) is 0 Å². The minimum absolute atomic E-state index is 0.0583. The molecule has 0 radical (unpaired) electrons. The zero-order chi connectivity index (χ0) is 24.0. The van der Waals surface area contributed by atoms with Crippen molar-refractivity contribution in [2.45, 2.75) is 50.7 Å². The topological polar surface area (TPSA) is 95.6 Å². The van der Waals surface area contributed by atoms with Crippen molar-refractivity contribution in [2.75, 3.05) is 0 Å². The van der Waals surface area contributed by atoms with Crippen LogP contribution in [0.4, 0.5) is 8.78 Å². The van der Waals surface area contributed by atoms with E-state index in [2.05, 4.69) is 10.6 Å². The Labute approximate surface area is 194 Å². The fourth-order valence-corrected chi connectivity index (χ4v) is 4.92. The van der Waals surface area contributed by atoms with Crippen molar-refractivity contribution in [1.82, 2.24) is 15.5 Å². The highest BCUT2D eigenvalue weighted by atomic mass is 19.1. The van der Waals surface area contributed by atoms with Crippen LogP contribution in [0.25, 0.3) is 0 Å². The van der Waals surface area contributed by atoms with Crippen molar-refractivity contribution in [1.29, 1.82) is 0 Å². The smallest absolute Gasteiger partial charge is 0.255 e. The number of rotatable bonds is 5. The maximum absolute atomic E-state index is 14.5. The number of nitrogens with zero attached hydrogens (tertiary/aromatic N) is 1. The van der Waals surface area contributed by atoms with Crippen LogP contribution < -0.4 is 10.6 Å². The monoisotopic (exact) mass is 467 g/mol. The molecule has 176 valence electrons. The van der Waals surface area contributed by atoms with E-state index in [-0.39, 0.29) is 42.7 Å². The van der Waals surface area contributed by atoms with Gasteiger partial charge < -0.3 is 10.2 Å². The van der Waals surface area contributed by atoms with E-state index in [4.69, 9.17) is 0 Å². The Morgan fingerprint density at radius 2 is 1.85 bits per heavy atom. The van der Waals surface area contributed by atoms with E-state index >= 15 is 0 Å². The SMILES string of the molecule is O=C1CCC(N2Cc3cc(C(=O)N[C@@H](c4ccc(F)cc4F)C4CCC4)ccc3C2=O)C(=O)N1. The minimum Gasteiger partial charge on any atom is -0.345 e. The molecule has 2 aromatic rings. The molecule has 4 amide bonds. The van der Waals surface area contributed by atoms with Gasteiger partial charge >= 0.3 is 0 Å². The van der Waals surface area contributed by atoms with Gasteiger partial charge in [0, 0.05) is 35.7 Å². The first kappa shape index (κ1) is 22.2. The number of carbonyl (C=O) groups excluding carboxylic acids is 4. The van der Waals surface area contributed by atoms with Crippen LogP contribution >= 0.6 is 0 Å². The number of nitrogens with one attached hydrogen (secondary N) is 2. The Bertz CT molecular complexity index is 1210. The molecule has 2 atom stereocenters. The normalized spacial score (nSPS) is 21.1. The highest BCUT2D eigenvalue weighted by Crippen LogP contribution is 2.39. The molecule has 2 heterocycles. The maximum atomic E-state index is 14.5. The summed E-state index contributed by atoms with van der Waals surface area (Å²) in [7, 11) is 0. The predicted octanol–water partition coefficient (Wildman–Crippen LogP) is 3.00. The number of fused-ring (bicyclic) bond motifs is 1. The summed E-state index contributed by atoms with van der Waals surface area (Å²) >= 11 is 0. The summed E-state index contributed by atoms with van der Waals surface area (Å²) in [5.41, 5.74) is 1.57. The summed E-state index contributed by atoms with van der Waals surface area (Å²) in [4.78, 5) is 51.0. The highest BCUT2D eigenvalue weighted by Gasteiger charge is 2.39. The third kappa shape index (κ3) is 3.95. The van der Waals surface area contributed by atoms with Crippen LogP contribution in [0.5, 0.6) is 0 Å². The van der Waals surface area contributed by atoms with Crippen molar-refractivity contribution in [3.8, 4) is 0 Å². The van der Waals surface area contributed by atoms with E-state index in [9.17, 15) is 28.0 Å². The summed E-state index contributed by atoms with van der Waals surface area (Å²) in [6.45, 7) is 0.153. The van der Waals surface area contributed by atoms with Gasteiger partial charge in [-0.15, -0.1) is 0 Å². The fraction of sp³-hybridized carbons (Fsp3) is 0.360. The lowest BCUT2D eigenvalue weighted by Gasteiger charge is -2.34. The molecule has 0 bridgehead atoms. The Morgan fingerprint density at radius 3 is 2.53 bits per heavy atom. The Morgan fingerprint density at radius 1 is 1.06 bits per heavy atom. The van der Waals surface area contributed by atoms with Crippen molar-refractivity contribution in [2.24, 2.45) is 5.92 Å². The molecule has 2 aromatic carbocycles. The third-order valence-electron chi connectivity index (χ3n) is 6.99. The van der Waals surface area contributed by atoms with E-state index in [1.54, 1.807) is 12.1 Å². The first-order valence-electron chi connectivity index (χ1n) is 11.3. The second kappa shape index (κ2) is 8.62. The molecule has 3 aliphatic rings. The summed E-state index contributed by atoms with van der Waals surface area (Å²) in [6.07, 6.45) is 3.07. The summed E-state index contributed by atoms with van der Waals surface area (Å²) in [5, 5.41) is 5.16. The molecule has 34 heavy (non-hydrogen) atoms. The lowest BCUT2D eigenvalue weighted by Crippen LogP contribution is -2.52. The molecule has 9 heteroatoms. The van der Waals surface area contributed by atoms with E-state index in [1.165, 1.54) is 23.1 Å². The number of imide groups is 1. The summed E-state index contributed by atoms with van der Waals surface area (Å²) in [6, 6.07) is 6.73. The zero-order valence-corrected chi connectivity index (χ0v) is 18.3. The molecule has 1 saturated carbocycles. The van der Waals surface area contributed by atoms with E-state index in [0.29, 0.717) is 16.7 Å². The lowest BCUT2D eigenvalue weighted by atomic mass is 9.77. The van der Waals surface area contributed by atoms with Crippen LogP contribution in [0.1, 0.15) is 70.0 Å². The quantitative estimate of drug-likeness (QED) is 0.661. The Balaban J connectivity index is 1.35. The average molecular weight is 467 g/mol. The molecule has 2 aliphatic heterocycles. The molecule has 0 aromatic heterocycles. The Hall–Kier alpha value is -3.62. The fourth-order valence-electron chi connectivity index (χ4n) is 4.92. The van der Waals surface area contributed by atoms with Crippen LogP contribution in [0, 0.1) is 17.6 Å². The van der Waals surface area contributed by atoms with Crippen LogP contribution in [0.3, 0.4) is 0 Å². The number of amides is 4. The van der Waals surface area contributed by atoms with Crippen LogP contribution in [0.15, 0.2) is 36.4 Å². The van der Waals surface area contributed by atoms with Gasteiger partial charge in [-0.25, -0.2) is 8.78 Å². The average Bonchev–Trinajstić information content (AvgIpc) is 3.08. The van der Waals surface area contributed by atoms with Gasteiger partial charge in [0.05, 0.1) is 6.04 Å². The maximum Gasteiger partial charge on any atom is 0.255 e. The van der Waals surface area contributed by atoms with Crippen molar-refractivity contribution < 1.29 is 28.0 Å². The molecular formula is C25H23F2N3O4. The van der Waals surface area contributed by atoms with Gasteiger partial charge in [0.2, 0.25) is 11.8 Å². The van der Waals surface area contributed by atoms with Gasteiger partial charge in [-0.05, 0) is 55.0 Å². The molecule has 0 spiro atoms. The summed E-state index contributed by atoms with van der Waals surface area (Å²) < 4.78 is 27.9. The minimum atomic E-state index is -0.737. The second-order valence-electron chi connectivity index (χ2n) is 9.08. The van der Waals surface area contributed by atoms with Gasteiger partial charge in [-0.1, -0.05) is 12.5 Å². The third-order valence-corrected chi connectivity index (χ3v) is 6.99. The number of benzene rings is 2. The zero-order valence-electron chi connectivity index (χ0n) is 18.3. The molecule has 1 unspecified atom stereocenters. The number of piperidine rings is 1. The van der Waals surface area contributed by atoms with Crippen molar-refractivity contribution >= 4 is 23.6 Å². The Kier molecular flexibility index (Phi) is 5.63.